The van der Waals surface area contributed by atoms with Gasteiger partial charge in [0.1, 0.15) is 0 Å². The van der Waals surface area contributed by atoms with E-state index in [9.17, 15) is 0 Å². The summed E-state index contributed by atoms with van der Waals surface area (Å²) >= 11 is 0. The largest absolute Gasteiger partial charge is 0.369 e. The SMILES string of the molecule is CC1CCCCCN1c1cccc(C#N)c1. The molecule has 2 nitrogen and oxygen atoms in total. The first kappa shape index (κ1) is 11.0. The molecule has 0 saturated carbocycles. The lowest BCUT2D eigenvalue weighted by Gasteiger charge is -2.29. The van der Waals surface area contributed by atoms with Crippen molar-refractivity contribution in [3.05, 3.63) is 29.8 Å². The maximum Gasteiger partial charge on any atom is 0.0992 e. The molecule has 0 spiro atoms. The zero-order valence-corrected chi connectivity index (χ0v) is 9.82. The first-order valence-electron chi connectivity index (χ1n) is 6.08. The van der Waals surface area contributed by atoms with Gasteiger partial charge in [-0.25, -0.2) is 0 Å². The predicted molar refractivity (Wildman–Crippen MR) is 66.4 cm³/mol. The molecule has 0 aliphatic carbocycles. The Kier molecular flexibility index (Phi) is 3.46. The lowest BCUT2D eigenvalue weighted by atomic mass is 10.1. The summed E-state index contributed by atoms with van der Waals surface area (Å²) < 4.78 is 0. The van der Waals surface area contributed by atoms with Gasteiger partial charge in [0.2, 0.25) is 0 Å². The van der Waals surface area contributed by atoms with Crippen LogP contribution in [0.5, 0.6) is 0 Å². The zero-order chi connectivity index (χ0) is 11.4. The van der Waals surface area contributed by atoms with Crippen LogP contribution in [-0.4, -0.2) is 12.6 Å². The lowest BCUT2D eigenvalue weighted by Crippen LogP contribution is -2.32. The minimum atomic E-state index is 0.594. The molecule has 0 aromatic heterocycles. The number of hydrogen-bond donors (Lipinski definition) is 0. The van der Waals surface area contributed by atoms with E-state index < -0.39 is 0 Å². The summed E-state index contributed by atoms with van der Waals surface area (Å²) in [5, 5.41) is 8.91. The van der Waals surface area contributed by atoms with Crippen LogP contribution in [0.15, 0.2) is 24.3 Å². The number of nitriles is 1. The third kappa shape index (κ3) is 2.36. The Hall–Kier alpha value is -1.49. The summed E-state index contributed by atoms with van der Waals surface area (Å²) in [5.41, 5.74) is 1.96. The molecule has 1 aliphatic heterocycles. The summed E-state index contributed by atoms with van der Waals surface area (Å²) in [4.78, 5) is 2.44. The fourth-order valence-corrected chi connectivity index (χ4v) is 2.41. The van der Waals surface area contributed by atoms with Crippen LogP contribution in [-0.2, 0) is 0 Å². The molecule has 1 aromatic carbocycles. The molecule has 1 saturated heterocycles. The first-order valence-corrected chi connectivity index (χ1v) is 6.08. The zero-order valence-electron chi connectivity index (χ0n) is 9.82. The smallest absolute Gasteiger partial charge is 0.0992 e. The Morgan fingerprint density at radius 1 is 1.31 bits per heavy atom. The van der Waals surface area contributed by atoms with Crippen molar-refractivity contribution in [1.29, 1.82) is 5.26 Å². The third-order valence-corrected chi connectivity index (χ3v) is 3.36. The first-order chi connectivity index (χ1) is 7.81. The van der Waals surface area contributed by atoms with Gasteiger partial charge in [-0.3, -0.25) is 0 Å². The van der Waals surface area contributed by atoms with Crippen molar-refractivity contribution in [3.8, 4) is 6.07 Å². The van der Waals surface area contributed by atoms with Crippen LogP contribution < -0.4 is 4.90 Å². The van der Waals surface area contributed by atoms with E-state index in [0.29, 0.717) is 6.04 Å². The molecular weight excluding hydrogens is 196 g/mol. The molecule has 1 aromatic rings. The fourth-order valence-electron chi connectivity index (χ4n) is 2.41. The van der Waals surface area contributed by atoms with Crippen LogP contribution in [0.2, 0.25) is 0 Å². The molecule has 1 heterocycles. The maximum absolute atomic E-state index is 8.91. The highest BCUT2D eigenvalue weighted by molar-refractivity contribution is 5.52. The molecule has 1 aliphatic rings. The van der Waals surface area contributed by atoms with Crippen molar-refractivity contribution in [2.75, 3.05) is 11.4 Å². The Morgan fingerprint density at radius 3 is 3.00 bits per heavy atom. The van der Waals surface area contributed by atoms with Gasteiger partial charge in [-0.05, 0) is 38.0 Å². The van der Waals surface area contributed by atoms with E-state index in [-0.39, 0.29) is 0 Å². The Labute approximate surface area is 97.5 Å². The predicted octanol–water partition coefficient (Wildman–Crippen LogP) is 3.33. The van der Waals surface area contributed by atoms with Crippen LogP contribution in [0.1, 0.15) is 38.2 Å². The summed E-state index contributed by atoms with van der Waals surface area (Å²) in [6, 6.07) is 10.8. The summed E-state index contributed by atoms with van der Waals surface area (Å²) in [6.07, 6.45) is 5.19. The van der Waals surface area contributed by atoms with E-state index in [4.69, 9.17) is 5.26 Å². The summed E-state index contributed by atoms with van der Waals surface area (Å²) in [6.45, 7) is 3.40. The van der Waals surface area contributed by atoms with E-state index in [2.05, 4.69) is 24.0 Å². The van der Waals surface area contributed by atoms with Gasteiger partial charge >= 0.3 is 0 Å². The lowest BCUT2D eigenvalue weighted by molar-refractivity contribution is 0.616. The van der Waals surface area contributed by atoms with E-state index in [0.717, 1.165) is 12.1 Å². The second-order valence-electron chi connectivity index (χ2n) is 4.55. The molecule has 2 heteroatoms. The quantitative estimate of drug-likeness (QED) is 0.717. The van der Waals surface area contributed by atoms with Gasteiger partial charge in [0.05, 0.1) is 11.6 Å². The highest BCUT2D eigenvalue weighted by Crippen LogP contribution is 2.24. The average molecular weight is 214 g/mol. The minimum absolute atomic E-state index is 0.594. The van der Waals surface area contributed by atoms with Crippen LogP contribution in [0.4, 0.5) is 5.69 Å². The van der Waals surface area contributed by atoms with Gasteiger partial charge in [-0.1, -0.05) is 18.9 Å². The normalized spacial score (nSPS) is 21.2. The van der Waals surface area contributed by atoms with Gasteiger partial charge in [0.15, 0.2) is 0 Å². The maximum atomic E-state index is 8.91. The molecule has 16 heavy (non-hydrogen) atoms. The van der Waals surface area contributed by atoms with E-state index in [1.54, 1.807) is 0 Å². The van der Waals surface area contributed by atoms with Crippen molar-refractivity contribution in [2.45, 2.75) is 38.6 Å². The number of anilines is 1. The van der Waals surface area contributed by atoms with Crippen molar-refractivity contribution < 1.29 is 0 Å². The third-order valence-electron chi connectivity index (χ3n) is 3.36. The molecule has 0 N–H and O–H groups in total. The number of hydrogen-bond acceptors (Lipinski definition) is 2. The van der Waals surface area contributed by atoms with E-state index in [1.807, 2.05) is 18.2 Å². The van der Waals surface area contributed by atoms with E-state index >= 15 is 0 Å². The molecule has 0 bridgehead atoms. The molecule has 1 unspecified atom stereocenters. The molecule has 0 amide bonds. The number of benzene rings is 1. The molecular formula is C14H18N2. The van der Waals surface area contributed by atoms with Crippen LogP contribution in [0.3, 0.4) is 0 Å². The van der Waals surface area contributed by atoms with Gasteiger partial charge in [-0.15, -0.1) is 0 Å². The van der Waals surface area contributed by atoms with Crippen molar-refractivity contribution in [1.82, 2.24) is 0 Å². The summed E-state index contributed by atoms with van der Waals surface area (Å²) in [7, 11) is 0. The molecule has 1 fully saturated rings. The monoisotopic (exact) mass is 214 g/mol. The minimum Gasteiger partial charge on any atom is -0.369 e. The Balaban J connectivity index is 2.24. The van der Waals surface area contributed by atoms with Crippen LogP contribution in [0.25, 0.3) is 0 Å². The van der Waals surface area contributed by atoms with Gasteiger partial charge < -0.3 is 4.90 Å². The van der Waals surface area contributed by atoms with Crippen molar-refractivity contribution in [3.63, 3.8) is 0 Å². The Bertz CT molecular complexity index is 392. The van der Waals surface area contributed by atoms with Gasteiger partial charge in [0.25, 0.3) is 0 Å². The van der Waals surface area contributed by atoms with E-state index in [1.165, 1.54) is 31.4 Å². The van der Waals surface area contributed by atoms with Crippen molar-refractivity contribution >= 4 is 5.69 Å². The number of nitrogens with zero attached hydrogens (tertiary/aromatic N) is 2. The second kappa shape index (κ2) is 5.03. The average Bonchev–Trinajstić information content (AvgIpc) is 2.54. The van der Waals surface area contributed by atoms with Crippen LogP contribution >= 0.6 is 0 Å². The fraction of sp³-hybridized carbons (Fsp3) is 0.500. The number of rotatable bonds is 1. The second-order valence-corrected chi connectivity index (χ2v) is 4.55. The van der Waals surface area contributed by atoms with Crippen LogP contribution in [0, 0.1) is 11.3 Å². The highest BCUT2D eigenvalue weighted by Gasteiger charge is 2.17. The topological polar surface area (TPSA) is 27.0 Å². The van der Waals surface area contributed by atoms with Crippen molar-refractivity contribution in [2.24, 2.45) is 0 Å². The standard InChI is InChI=1S/C14H18N2/c1-12-6-3-2-4-9-16(12)14-8-5-7-13(10-14)11-15/h5,7-8,10,12H,2-4,6,9H2,1H3. The summed E-state index contributed by atoms with van der Waals surface area (Å²) in [5.74, 6) is 0. The molecule has 1 atom stereocenters. The van der Waals surface area contributed by atoms with Gasteiger partial charge in [0, 0.05) is 18.3 Å². The highest BCUT2D eigenvalue weighted by atomic mass is 15.2. The molecule has 2 rings (SSSR count). The molecule has 0 radical (unpaired) electrons. The Morgan fingerprint density at radius 2 is 2.19 bits per heavy atom. The van der Waals surface area contributed by atoms with Gasteiger partial charge in [-0.2, -0.15) is 5.26 Å². The molecule has 84 valence electrons.